The maximum atomic E-state index is 5.88. The molecule has 1 aromatic rings. The maximum absolute atomic E-state index is 5.88. The van der Waals surface area contributed by atoms with Crippen LogP contribution in [0.25, 0.3) is 0 Å². The highest BCUT2D eigenvalue weighted by Crippen LogP contribution is 2.31. The van der Waals surface area contributed by atoms with Gasteiger partial charge in [-0.05, 0) is 53.2 Å². The summed E-state index contributed by atoms with van der Waals surface area (Å²) < 4.78 is 1.05. The average molecular weight is 298 g/mol. The molecule has 3 nitrogen and oxygen atoms in total. The Morgan fingerprint density at radius 2 is 2.24 bits per heavy atom. The largest absolute Gasteiger partial charge is 0.365 e. The summed E-state index contributed by atoms with van der Waals surface area (Å²) in [5.41, 5.74) is 7.08. The lowest BCUT2D eigenvalue weighted by atomic mass is 9.98. The highest BCUT2D eigenvalue weighted by Gasteiger charge is 2.24. The Morgan fingerprint density at radius 3 is 2.88 bits per heavy atom. The number of pyridine rings is 1. The van der Waals surface area contributed by atoms with Crippen LogP contribution in [0.1, 0.15) is 31.2 Å². The van der Waals surface area contributed by atoms with Gasteiger partial charge in [-0.1, -0.05) is 12.8 Å². The van der Waals surface area contributed by atoms with Crippen LogP contribution in [0.15, 0.2) is 16.7 Å². The summed E-state index contributed by atoms with van der Waals surface area (Å²) in [5.74, 6) is 1.63. The number of aryl methyl sites for hydroxylation is 1. The number of halogens is 1. The van der Waals surface area contributed by atoms with Gasteiger partial charge in [-0.2, -0.15) is 0 Å². The third-order valence-corrected chi connectivity index (χ3v) is 4.63. The van der Waals surface area contributed by atoms with Crippen LogP contribution in [-0.2, 0) is 0 Å². The molecule has 1 saturated carbocycles. The maximum Gasteiger partial charge on any atom is 0.140 e. The van der Waals surface area contributed by atoms with Crippen molar-refractivity contribution in [3.63, 3.8) is 0 Å². The second-order valence-corrected chi connectivity index (χ2v) is 5.61. The van der Waals surface area contributed by atoms with E-state index in [1.54, 1.807) is 0 Å². The Balaban J connectivity index is 2.09. The van der Waals surface area contributed by atoms with E-state index in [4.69, 9.17) is 5.73 Å². The predicted octanol–water partition coefficient (Wildman–Crippen LogP) is 3.08. The molecule has 4 heteroatoms. The minimum atomic E-state index is 0.350. The number of nitrogens with two attached hydrogens (primary N) is 1. The monoisotopic (exact) mass is 297 g/mol. The van der Waals surface area contributed by atoms with Crippen molar-refractivity contribution in [2.24, 2.45) is 11.7 Å². The van der Waals surface area contributed by atoms with Crippen molar-refractivity contribution >= 4 is 21.7 Å². The molecule has 2 rings (SSSR count). The lowest BCUT2D eigenvalue weighted by Crippen LogP contribution is -2.35. The van der Waals surface area contributed by atoms with Crippen LogP contribution >= 0.6 is 15.9 Å². The Bertz CT molecular complexity index is 375. The number of hydrogen-bond donors (Lipinski definition) is 2. The lowest BCUT2D eigenvalue weighted by molar-refractivity contribution is 0.461. The van der Waals surface area contributed by atoms with E-state index in [9.17, 15) is 0 Å². The smallest absolute Gasteiger partial charge is 0.140 e. The third kappa shape index (κ3) is 2.99. The number of nitrogens with zero attached hydrogens (tertiary/aromatic N) is 1. The van der Waals surface area contributed by atoms with E-state index in [0.717, 1.165) is 10.3 Å². The molecule has 1 aromatic heterocycles. The molecule has 0 aliphatic heterocycles. The van der Waals surface area contributed by atoms with Gasteiger partial charge in [0.1, 0.15) is 5.82 Å². The molecule has 0 bridgehead atoms. The zero-order valence-corrected chi connectivity index (χ0v) is 11.8. The van der Waals surface area contributed by atoms with Gasteiger partial charge in [0.05, 0.1) is 4.47 Å². The van der Waals surface area contributed by atoms with Gasteiger partial charge >= 0.3 is 0 Å². The number of aromatic nitrogens is 1. The topological polar surface area (TPSA) is 50.9 Å². The minimum Gasteiger partial charge on any atom is -0.365 e. The highest BCUT2D eigenvalue weighted by molar-refractivity contribution is 9.10. The first-order valence-corrected chi connectivity index (χ1v) is 7.09. The van der Waals surface area contributed by atoms with Crippen molar-refractivity contribution in [1.29, 1.82) is 0 Å². The van der Waals surface area contributed by atoms with E-state index in [2.05, 4.69) is 33.2 Å². The third-order valence-electron chi connectivity index (χ3n) is 3.63. The summed E-state index contributed by atoms with van der Waals surface area (Å²) in [5, 5.41) is 3.50. The summed E-state index contributed by atoms with van der Waals surface area (Å²) in [4.78, 5) is 4.38. The molecule has 0 amide bonds. The summed E-state index contributed by atoms with van der Waals surface area (Å²) in [7, 11) is 0. The molecule has 0 saturated heterocycles. The number of anilines is 1. The molecule has 94 valence electrons. The van der Waals surface area contributed by atoms with Gasteiger partial charge in [-0.3, -0.25) is 0 Å². The Labute approximate surface area is 111 Å². The van der Waals surface area contributed by atoms with Crippen LogP contribution in [0.3, 0.4) is 0 Å². The first-order chi connectivity index (χ1) is 8.22. The fourth-order valence-corrected chi connectivity index (χ4v) is 2.89. The van der Waals surface area contributed by atoms with Gasteiger partial charge in [0.15, 0.2) is 0 Å². The van der Waals surface area contributed by atoms with E-state index >= 15 is 0 Å². The Kier molecular flexibility index (Phi) is 4.40. The average Bonchev–Trinajstić information content (AvgIpc) is 2.85. The van der Waals surface area contributed by atoms with Crippen LogP contribution in [-0.4, -0.2) is 17.6 Å². The molecule has 3 N–H and O–H groups in total. The molecule has 0 radical (unpaired) electrons. The second-order valence-electron chi connectivity index (χ2n) is 4.82. The van der Waals surface area contributed by atoms with E-state index in [-0.39, 0.29) is 0 Å². The van der Waals surface area contributed by atoms with E-state index in [0.29, 0.717) is 18.5 Å². The van der Waals surface area contributed by atoms with Crippen LogP contribution in [0.5, 0.6) is 0 Å². The molecule has 0 spiro atoms. The zero-order valence-electron chi connectivity index (χ0n) is 10.2. The predicted molar refractivity (Wildman–Crippen MR) is 75.1 cm³/mol. The summed E-state index contributed by atoms with van der Waals surface area (Å²) in [6.07, 6.45) is 7.10. The molecule has 1 aliphatic rings. The van der Waals surface area contributed by atoms with Crippen molar-refractivity contribution in [3.8, 4) is 0 Å². The van der Waals surface area contributed by atoms with E-state index in [1.807, 2.05) is 12.3 Å². The summed E-state index contributed by atoms with van der Waals surface area (Å²) in [6, 6.07) is 2.35. The van der Waals surface area contributed by atoms with E-state index in [1.165, 1.54) is 31.2 Å². The summed E-state index contributed by atoms with van der Waals surface area (Å²) >= 11 is 3.58. The van der Waals surface area contributed by atoms with Crippen LogP contribution in [0, 0.1) is 12.8 Å². The molecular weight excluding hydrogens is 278 g/mol. The Morgan fingerprint density at radius 1 is 1.53 bits per heavy atom. The van der Waals surface area contributed by atoms with Crippen molar-refractivity contribution < 1.29 is 0 Å². The van der Waals surface area contributed by atoms with E-state index < -0.39 is 0 Å². The van der Waals surface area contributed by atoms with Gasteiger partial charge in [-0.25, -0.2) is 4.98 Å². The number of rotatable bonds is 4. The molecule has 1 unspecified atom stereocenters. The second kappa shape index (κ2) is 5.83. The quantitative estimate of drug-likeness (QED) is 0.898. The first-order valence-electron chi connectivity index (χ1n) is 6.30. The Hall–Kier alpha value is -0.610. The number of nitrogens with one attached hydrogen (secondary N) is 1. The molecule has 1 heterocycles. The van der Waals surface area contributed by atoms with Crippen molar-refractivity contribution in [2.45, 2.75) is 38.6 Å². The molecule has 17 heavy (non-hydrogen) atoms. The first kappa shape index (κ1) is 12.8. The van der Waals surface area contributed by atoms with Crippen LogP contribution in [0.2, 0.25) is 0 Å². The lowest BCUT2D eigenvalue weighted by Gasteiger charge is -2.24. The standard InChI is InChI=1S/C13H20BrN3/c1-9-6-7-16-13(12(9)14)17-11(8-15)10-4-2-3-5-10/h6-7,10-11H,2-5,8,15H2,1H3,(H,16,17). The van der Waals surface area contributed by atoms with Gasteiger partial charge in [0, 0.05) is 18.8 Å². The normalized spacial score (nSPS) is 18.3. The number of hydrogen-bond acceptors (Lipinski definition) is 3. The summed E-state index contributed by atoms with van der Waals surface area (Å²) in [6.45, 7) is 2.75. The fourth-order valence-electron chi connectivity index (χ4n) is 2.55. The van der Waals surface area contributed by atoms with Crippen molar-refractivity contribution in [2.75, 3.05) is 11.9 Å². The molecule has 0 aromatic carbocycles. The van der Waals surface area contributed by atoms with Gasteiger partial charge in [0.25, 0.3) is 0 Å². The van der Waals surface area contributed by atoms with Crippen molar-refractivity contribution in [3.05, 3.63) is 22.3 Å². The highest BCUT2D eigenvalue weighted by atomic mass is 79.9. The van der Waals surface area contributed by atoms with Crippen LogP contribution < -0.4 is 11.1 Å². The molecule has 1 fully saturated rings. The zero-order chi connectivity index (χ0) is 12.3. The van der Waals surface area contributed by atoms with Gasteiger partial charge < -0.3 is 11.1 Å². The molecule has 1 aliphatic carbocycles. The van der Waals surface area contributed by atoms with Gasteiger partial charge in [0.2, 0.25) is 0 Å². The molecule has 1 atom stereocenters. The van der Waals surface area contributed by atoms with Gasteiger partial charge in [-0.15, -0.1) is 0 Å². The SMILES string of the molecule is Cc1ccnc(NC(CN)C2CCCC2)c1Br. The minimum absolute atomic E-state index is 0.350. The molecular formula is C13H20BrN3. The van der Waals surface area contributed by atoms with Crippen LogP contribution in [0.4, 0.5) is 5.82 Å². The fraction of sp³-hybridized carbons (Fsp3) is 0.615. The van der Waals surface area contributed by atoms with Crippen molar-refractivity contribution in [1.82, 2.24) is 4.98 Å².